The summed E-state index contributed by atoms with van der Waals surface area (Å²) in [6.45, 7) is -0.146. The molecule has 0 saturated carbocycles. The third kappa shape index (κ3) is 3.82. The third-order valence-corrected chi connectivity index (χ3v) is 2.03. The van der Waals surface area contributed by atoms with Crippen LogP contribution in [0.1, 0.15) is 16.1 Å². The number of aliphatic carboxylic acids is 1. The van der Waals surface area contributed by atoms with Crippen molar-refractivity contribution in [3.05, 3.63) is 29.6 Å². The molecule has 0 unspecified atom stereocenters. The molecule has 1 aromatic rings. The number of aliphatic hydroxyl groups excluding tert-OH is 1. The van der Waals surface area contributed by atoms with Crippen LogP contribution in [0.4, 0.5) is 0 Å². The van der Waals surface area contributed by atoms with Gasteiger partial charge in [0.1, 0.15) is 0 Å². The first kappa shape index (κ1) is 13.1. The number of aliphatic hydroxyl groups is 1. The zero-order valence-electron chi connectivity index (χ0n) is 8.96. The van der Waals surface area contributed by atoms with E-state index in [1.165, 1.54) is 18.3 Å². The Labute approximate surface area is 97.3 Å². The minimum atomic E-state index is -1.62. The maximum Gasteiger partial charge on any atom is 0.334 e. The third-order valence-electron chi connectivity index (χ3n) is 2.03. The van der Waals surface area contributed by atoms with Gasteiger partial charge in [0.2, 0.25) is 0 Å². The molecule has 0 bridgehead atoms. The second kappa shape index (κ2) is 5.92. The maximum absolute atomic E-state index is 11.6. The first-order valence-corrected chi connectivity index (χ1v) is 4.88. The highest BCUT2D eigenvalue weighted by atomic mass is 16.4. The van der Waals surface area contributed by atoms with E-state index in [-0.39, 0.29) is 13.1 Å². The van der Waals surface area contributed by atoms with E-state index in [0.717, 1.165) is 0 Å². The molecule has 1 aromatic heterocycles. The summed E-state index contributed by atoms with van der Waals surface area (Å²) in [4.78, 5) is 25.8. The molecule has 1 amide bonds. The largest absolute Gasteiger partial charge is 0.479 e. The van der Waals surface area contributed by atoms with E-state index < -0.39 is 18.0 Å². The fourth-order valence-electron chi connectivity index (χ4n) is 1.11. The Morgan fingerprint density at radius 3 is 2.82 bits per heavy atom. The number of rotatable bonds is 5. The molecule has 0 aliphatic carbocycles. The van der Waals surface area contributed by atoms with Crippen LogP contribution in [0.15, 0.2) is 18.3 Å². The van der Waals surface area contributed by atoms with Gasteiger partial charge in [-0.1, -0.05) is 0 Å². The van der Waals surface area contributed by atoms with Gasteiger partial charge in [0.05, 0.1) is 12.2 Å². The predicted octanol–water partition coefficient (Wildman–Crippen LogP) is -1.28. The van der Waals surface area contributed by atoms with Crippen molar-refractivity contribution in [2.45, 2.75) is 12.6 Å². The molecular formula is C10H13N3O4. The first-order valence-electron chi connectivity index (χ1n) is 4.88. The molecule has 1 atom stereocenters. The normalized spacial score (nSPS) is 11.9. The lowest BCUT2D eigenvalue weighted by Crippen LogP contribution is -2.36. The Morgan fingerprint density at radius 2 is 2.24 bits per heavy atom. The van der Waals surface area contributed by atoms with Crippen LogP contribution < -0.4 is 11.1 Å². The molecule has 7 heteroatoms. The number of pyridine rings is 1. The van der Waals surface area contributed by atoms with Crippen molar-refractivity contribution in [3.8, 4) is 0 Å². The zero-order valence-corrected chi connectivity index (χ0v) is 8.96. The summed E-state index contributed by atoms with van der Waals surface area (Å²) >= 11 is 0. The van der Waals surface area contributed by atoms with Crippen LogP contribution in [0.25, 0.3) is 0 Å². The molecule has 0 aliphatic heterocycles. The van der Waals surface area contributed by atoms with Crippen molar-refractivity contribution in [1.29, 1.82) is 0 Å². The number of carbonyl (C=O) groups excluding carboxylic acids is 1. The zero-order chi connectivity index (χ0) is 12.8. The molecule has 0 saturated heterocycles. The molecule has 0 spiro atoms. The average molecular weight is 239 g/mol. The van der Waals surface area contributed by atoms with Gasteiger partial charge in [0, 0.05) is 18.3 Å². The standard InChI is InChI=1S/C10H13N3O4/c11-4-7-3-6(1-2-12-7)9(15)13-5-8(14)10(16)17/h1-3,8,14H,4-5,11H2,(H,13,15)(H,16,17)/t8-/m0/s1. The van der Waals surface area contributed by atoms with Crippen LogP contribution in [-0.2, 0) is 11.3 Å². The lowest BCUT2D eigenvalue weighted by molar-refractivity contribution is -0.146. The molecule has 0 aromatic carbocycles. The quantitative estimate of drug-likeness (QED) is 0.507. The number of carboxylic acids is 1. The second-order valence-corrected chi connectivity index (χ2v) is 3.30. The monoisotopic (exact) mass is 239 g/mol. The fourth-order valence-corrected chi connectivity index (χ4v) is 1.11. The van der Waals surface area contributed by atoms with E-state index in [9.17, 15) is 9.59 Å². The van der Waals surface area contributed by atoms with E-state index in [1.54, 1.807) is 0 Å². The van der Waals surface area contributed by atoms with Gasteiger partial charge in [-0.3, -0.25) is 9.78 Å². The van der Waals surface area contributed by atoms with Crippen molar-refractivity contribution >= 4 is 11.9 Å². The molecule has 7 nitrogen and oxygen atoms in total. The highest BCUT2D eigenvalue weighted by Crippen LogP contribution is 2.01. The Kier molecular flexibility index (Phi) is 4.56. The summed E-state index contributed by atoms with van der Waals surface area (Å²) in [6, 6.07) is 2.98. The number of nitrogens with zero attached hydrogens (tertiary/aromatic N) is 1. The number of nitrogens with two attached hydrogens (primary N) is 1. The van der Waals surface area contributed by atoms with Crippen LogP contribution in [0, 0.1) is 0 Å². The van der Waals surface area contributed by atoms with E-state index in [0.29, 0.717) is 11.3 Å². The molecule has 0 aliphatic rings. The molecule has 0 radical (unpaired) electrons. The van der Waals surface area contributed by atoms with Crippen molar-refractivity contribution in [1.82, 2.24) is 10.3 Å². The van der Waals surface area contributed by atoms with E-state index in [2.05, 4.69) is 10.3 Å². The van der Waals surface area contributed by atoms with Gasteiger partial charge in [0.15, 0.2) is 6.10 Å². The van der Waals surface area contributed by atoms with Crippen LogP contribution in [-0.4, -0.2) is 39.7 Å². The number of nitrogens with one attached hydrogen (secondary N) is 1. The van der Waals surface area contributed by atoms with Crippen LogP contribution >= 0.6 is 0 Å². The molecule has 92 valence electrons. The number of amides is 1. The summed E-state index contributed by atoms with van der Waals surface area (Å²) in [5.74, 6) is -1.87. The second-order valence-electron chi connectivity index (χ2n) is 3.30. The van der Waals surface area contributed by atoms with Crippen molar-refractivity contribution in [2.75, 3.05) is 6.54 Å². The molecule has 0 fully saturated rings. The van der Waals surface area contributed by atoms with Crippen LogP contribution in [0.2, 0.25) is 0 Å². The summed E-state index contributed by atoms with van der Waals surface area (Å²) in [6.07, 6.45) is -0.181. The number of hydrogen-bond acceptors (Lipinski definition) is 5. The average Bonchev–Trinajstić information content (AvgIpc) is 2.35. The van der Waals surface area contributed by atoms with Gasteiger partial charge >= 0.3 is 5.97 Å². The van der Waals surface area contributed by atoms with Crippen LogP contribution in [0.3, 0.4) is 0 Å². The smallest absolute Gasteiger partial charge is 0.334 e. The molecule has 1 heterocycles. The summed E-state index contributed by atoms with van der Waals surface area (Å²) in [5.41, 5.74) is 6.24. The molecule has 5 N–H and O–H groups in total. The topological polar surface area (TPSA) is 126 Å². The molecule has 17 heavy (non-hydrogen) atoms. The Hall–Kier alpha value is -1.99. The van der Waals surface area contributed by atoms with Crippen LogP contribution in [0.5, 0.6) is 0 Å². The van der Waals surface area contributed by atoms with Gasteiger partial charge in [-0.25, -0.2) is 4.79 Å². The Bertz CT molecular complexity index is 422. The van der Waals surface area contributed by atoms with Crippen molar-refractivity contribution in [3.63, 3.8) is 0 Å². The van der Waals surface area contributed by atoms with Crippen molar-refractivity contribution < 1.29 is 19.8 Å². The molecule has 1 rings (SSSR count). The van der Waals surface area contributed by atoms with Gasteiger partial charge in [-0.2, -0.15) is 0 Å². The van der Waals surface area contributed by atoms with Gasteiger partial charge < -0.3 is 21.3 Å². The van der Waals surface area contributed by atoms with E-state index >= 15 is 0 Å². The Balaban J connectivity index is 2.60. The minimum absolute atomic E-state index is 0.207. The van der Waals surface area contributed by atoms with E-state index in [1.807, 2.05) is 0 Å². The number of carbonyl (C=O) groups is 2. The number of carboxylic acid groups (broad SMARTS) is 1. The summed E-state index contributed by atoms with van der Waals surface area (Å²) < 4.78 is 0. The summed E-state index contributed by atoms with van der Waals surface area (Å²) in [5, 5.41) is 19.7. The first-order chi connectivity index (χ1) is 8.04. The summed E-state index contributed by atoms with van der Waals surface area (Å²) in [7, 11) is 0. The minimum Gasteiger partial charge on any atom is -0.479 e. The lowest BCUT2D eigenvalue weighted by atomic mass is 10.2. The Morgan fingerprint density at radius 1 is 1.53 bits per heavy atom. The number of hydrogen-bond donors (Lipinski definition) is 4. The van der Waals surface area contributed by atoms with Crippen molar-refractivity contribution in [2.24, 2.45) is 5.73 Å². The van der Waals surface area contributed by atoms with E-state index in [4.69, 9.17) is 15.9 Å². The molecular weight excluding hydrogens is 226 g/mol. The van der Waals surface area contributed by atoms with Gasteiger partial charge in [0.25, 0.3) is 5.91 Å². The lowest BCUT2D eigenvalue weighted by Gasteiger charge is -2.08. The van der Waals surface area contributed by atoms with Gasteiger partial charge in [-0.15, -0.1) is 0 Å². The number of aromatic nitrogens is 1. The predicted molar refractivity (Wildman–Crippen MR) is 58.1 cm³/mol. The highest BCUT2D eigenvalue weighted by molar-refractivity contribution is 5.94. The fraction of sp³-hybridized carbons (Fsp3) is 0.300. The SMILES string of the molecule is NCc1cc(C(=O)NC[C@H](O)C(=O)O)ccn1. The van der Waals surface area contributed by atoms with Gasteiger partial charge in [-0.05, 0) is 12.1 Å². The highest BCUT2D eigenvalue weighted by Gasteiger charge is 2.14. The maximum atomic E-state index is 11.6.